The van der Waals surface area contributed by atoms with Crippen LogP contribution in [0.25, 0.3) is 0 Å². The summed E-state index contributed by atoms with van der Waals surface area (Å²) >= 11 is 5.58. The van der Waals surface area contributed by atoms with Gasteiger partial charge in [0.25, 0.3) is 0 Å². The Kier molecular flexibility index (Phi) is 4.67. The van der Waals surface area contributed by atoms with Gasteiger partial charge in [0.2, 0.25) is 5.91 Å². The predicted octanol–water partition coefficient (Wildman–Crippen LogP) is 0.415. The molecule has 16 heavy (non-hydrogen) atoms. The highest BCUT2D eigenvalue weighted by Gasteiger charge is 2.10. The molecule has 0 bridgehead atoms. The zero-order valence-corrected chi connectivity index (χ0v) is 9.17. The molecule has 1 aromatic carbocycles. The van der Waals surface area contributed by atoms with Crippen LogP contribution in [0.5, 0.6) is 0 Å². The molecule has 1 rings (SSSR count). The number of halogens is 2. The first kappa shape index (κ1) is 12.9. The van der Waals surface area contributed by atoms with Crippen LogP contribution in [0, 0.1) is 5.82 Å². The lowest BCUT2D eigenvalue weighted by atomic mass is 10.2. The number of nitrogens with two attached hydrogens (primary N) is 1. The van der Waals surface area contributed by atoms with Crippen molar-refractivity contribution in [1.82, 2.24) is 5.32 Å². The number of benzene rings is 1. The SMILES string of the molecule is NC(=O)C(O)CNCc1ccc(Cl)cc1F. The van der Waals surface area contributed by atoms with Crippen LogP contribution in [0.4, 0.5) is 4.39 Å². The van der Waals surface area contributed by atoms with Gasteiger partial charge in [0, 0.05) is 23.7 Å². The van der Waals surface area contributed by atoms with Gasteiger partial charge in [-0.1, -0.05) is 17.7 Å². The van der Waals surface area contributed by atoms with Crippen molar-refractivity contribution in [1.29, 1.82) is 0 Å². The van der Waals surface area contributed by atoms with Gasteiger partial charge < -0.3 is 16.2 Å². The molecule has 0 fully saturated rings. The van der Waals surface area contributed by atoms with E-state index in [9.17, 15) is 9.18 Å². The fourth-order valence-electron chi connectivity index (χ4n) is 1.11. The Labute approximate surface area is 97.2 Å². The first-order valence-electron chi connectivity index (χ1n) is 4.62. The molecule has 0 saturated heterocycles. The molecule has 1 atom stereocenters. The second-order valence-corrected chi connectivity index (χ2v) is 3.72. The van der Waals surface area contributed by atoms with Crippen molar-refractivity contribution in [3.8, 4) is 0 Å². The van der Waals surface area contributed by atoms with Gasteiger partial charge in [-0.3, -0.25) is 4.79 Å². The van der Waals surface area contributed by atoms with Crippen molar-refractivity contribution in [2.24, 2.45) is 5.73 Å². The number of primary amides is 1. The molecule has 1 unspecified atom stereocenters. The smallest absolute Gasteiger partial charge is 0.247 e. The lowest BCUT2D eigenvalue weighted by Crippen LogP contribution is -2.37. The number of hydrogen-bond acceptors (Lipinski definition) is 3. The zero-order valence-electron chi connectivity index (χ0n) is 8.41. The molecular weight excluding hydrogens is 235 g/mol. The van der Waals surface area contributed by atoms with Crippen molar-refractivity contribution in [3.63, 3.8) is 0 Å². The molecule has 0 aliphatic rings. The van der Waals surface area contributed by atoms with E-state index in [1.54, 1.807) is 6.07 Å². The molecule has 0 spiro atoms. The minimum absolute atomic E-state index is 0.0165. The molecule has 0 aliphatic heterocycles. The molecule has 6 heteroatoms. The maximum atomic E-state index is 13.3. The van der Waals surface area contributed by atoms with E-state index >= 15 is 0 Å². The first-order valence-corrected chi connectivity index (χ1v) is 5.00. The Hall–Kier alpha value is -1.17. The van der Waals surface area contributed by atoms with E-state index in [1.165, 1.54) is 12.1 Å². The van der Waals surface area contributed by atoms with E-state index < -0.39 is 17.8 Å². The molecule has 4 nitrogen and oxygen atoms in total. The molecule has 88 valence electrons. The highest BCUT2D eigenvalue weighted by molar-refractivity contribution is 6.30. The number of aliphatic hydroxyl groups excluding tert-OH is 1. The Balaban J connectivity index is 2.46. The Morgan fingerprint density at radius 1 is 1.62 bits per heavy atom. The molecule has 0 aliphatic carbocycles. The third-order valence-corrected chi connectivity index (χ3v) is 2.23. The largest absolute Gasteiger partial charge is 0.382 e. The molecule has 0 aromatic heterocycles. The number of amides is 1. The van der Waals surface area contributed by atoms with Crippen molar-refractivity contribution in [2.75, 3.05) is 6.54 Å². The summed E-state index contributed by atoms with van der Waals surface area (Å²) in [6.07, 6.45) is -1.27. The second kappa shape index (κ2) is 5.79. The van der Waals surface area contributed by atoms with E-state index in [1.807, 2.05) is 0 Å². The van der Waals surface area contributed by atoms with E-state index in [4.69, 9.17) is 22.4 Å². The third-order valence-electron chi connectivity index (χ3n) is 2.00. The molecule has 1 amide bonds. The van der Waals surface area contributed by atoms with E-state index in [2.05, 4.69) is 5.32 Å². The average Bonchev–Trinajstić information content (AvgIpc) is 2.20. The van der Waals surface area contributed by atoms with Crippen molar-refractivity contribution in [3.05, 3.63) is 34.6 Å². The quantitative estimate of drug-likeness (QED) is 0.705. The molecular formula is C10H12ClFN2O2. The maximum absolute atomic E-state index is 13.3. The Morgan fingerprint density at radius 2 is 2.31 bits per heavy atom. The zero-order chi connectivity index (χ0) is 12.1. The van der Waals surface area contributed by atoms with Crippen LogP contribution in [0.1, 0.15) is 5.56 Å². The van der Waals surface area contributed by atoms with E-state index in [0.717, 1.165) is 0 Å². The first-order chi connectivity index (χ1) is 7.50. The monoisotopic (exact) mass is 246 g/mol. The number of hydrogen-bond donors (Lipinski definition) is 3. The standard InChI is InChI=1S/C10H12ClFN2O2/c11-7-2-1-6(8(12)3-7)4-14-5-9(15)10(13)16/h1-3,9,14-15H,4-5H2,(H2,13,16). The summed E-state index contributed by atoms with van der Waals surface area (Å²) < 4.78 is 13.3. The summed E-state index contributed by atoms with van der Waals surface area (Å²) in [4.78, 5) is 10.5. The van der Waals surface area contributed by atoms with Gasteiger partial charge in [-0.05, 0) is 12.1 Å². The summed E-state index contributed by atoms with van der Waals surface area (Å²) in [6.45, 7) is 0.171. The maximum Gasteiger partial charge on any atom is 0.247 e. The van der Waals surface area contributed by atoms with Gasteiger partial charge in [-0.2, -0.15) is 0 Å². The topological polar surface area (TPSA) is 75.4 Å². The number of carbonyl (C=O) groups is 1. The number of aliphatic hydroxyl groups is 1. The lowest BCUT2D eigenvalue weighted by molar-refractivity contribution is -0.125. The second-order valence-electron chi connectivity index (χ2n) is 3.28. The van der Waals surface area contributed by atoms with Crippen LogP contribution in [0.3, 0.4) is 0 Å². The average molecular weight is 247 g/mol. The molecule has 4 N–H and O–H groups in total. The van der Waals surface area contributed by atoms with Crippen LogP contribution in [-0.4, -0.2) is 23.7 Å². The van der Waals surface area contributed by atoms with Gasteiger partial charge in [0.05, 0.1) is 0 Å². The van der Waals surface area contributed by atoms with Crippen LogP contribution in [0.2, 0.25) is 5.02 Å². The lowest BCUT2D eigenvalue weighted by Gasteiger charge is -2.09. The summed E-state index contributed by atoms with van der Waals surface area (Å²) in [7, 11) is 0. The van der Waals surface area contributed by atoms with Gasteiger partial charge in [0.15, 0.2) is 0 Å². The normalized spacial score (nSPS) is 12.4. The van der Waals surface area contributed by atoms with E-state index in [-0.39, 0.29) is 13.1 Å². The molecule has 0 heterocycles. The Morgan fingerprint density at radius 3 is 2.88 bits per heavy atom. The third kappa shape index (κ3) is 3.77. The van der Waals surface area contributed by atoms with Crippen LogP contribution < -0.4 is 11.1 Å². The molecule has 0 radical (unpaired) electrons. The molecule has 1 aromatic rings. The van der Waals surface area contributed by atoms with Crippen LogP contribution >= 0.6 is 11.6 Å². The summed E-state index contributed by atoms with van der Waals surface area (Å²) in [5.74, 6) is -1.25. The summed E-state index contributed by atoms with van der Waals surface area (Å²) in [5.41, 5.74) is 5.25. The minimum Gasteiger partial charge on any atom is -0.382 e. The van der Waals surface area contributed by atoms with Gasteiger partial charge in [0.1, 0.15) is 11.9 Å². The highest BCUT2D eigenvalue weighted by Crippen LogP contribution is 2.14. The summed E-state index contributed by atoms with van der Waals surface area (Å²) in [6, 6.07) is 4.29. The number of rotatable bonds is 5. The van der Waals surface area contributed by atoms with E-state index in [0.29, 0.717) is 10.6 Å². The summed E-state index contributed by atoms with van der Waals surface area (Å²) in [5, 5.41) is 12.1. The number of nitrogens with one attached hydrogen (secondary N) is 1. The Bertz CT molecular complexity index is 387. The van der Waals surface area contributed by atoms with Crippen LogP contribution in [-0.2, 0) is 11.3 Å². The predicted molar refractivity (Wildman–Crippen MR) is 58.3 cm³/mol. The number of carbonyl (C=O) groups excluding carboxylic acids is 1. The van der Waals surface area contributed by atoms with Gasteiger partial charge in [-0.25, -0.2) is 4.39 Å². The van der Waals surface area contributed by atoms with Gasteiger partial charge >= 0.3 is 0 Å². The van der Waals surface area contributed by atoms with Crippen molar-refractivity contribution in [2.45, 2.75) is 12.6 Å². The van der Waals surface area contributed by atoms with Crippen molar-refractivity contribution >= 4 is 17.5 Å². The minimum atomic E-state index is -1.27. The fraction of sp³-hybridized carbons (Fsp3) is 0.300. The van der Waals surface area contributed by atoms with Gasteiger partial charge in [-0.15, -0.1) is 0 Å². The van der Waals surface area contributed by atoms with Crippen LogP contribution in [0.15, 0.2) is 18.2 Å². The van der Waals surface area contributed by atoms with Crippen molar-refractivity contribution < 1.29 is 14.3 Å². The fourth-order valence-corrected chi connectivity index (χ4v) is 1.27. The highest BCUT2D eigenvalue weighted by atomic mass is 35.5. The molecule has 0 saturated carbocycles.